The Bertz CT molecular complexity index is 411. The molecule has 0 spiro atoms. The molecule has 0 bridgehead atoms. The molecule has 2 atom stereocenters. The van der Waals surface area contributed by atoms with Crippen LogP contribution in [0, 0.1) is 5.92 Å². The number of ether oxygens (including phenoxy) is 1. The number of nitrogens with zero attached hydrogens (tertiary/aromatic N) is 2. The molecule has 2 unspecified atom stereocenters. The normalized spacial score (nSPS) is 24.4. The van der Waals surface area contributed by atoms with Crippen molar-refractivity contribution >= 4 is 0 Å². The van der Waals surface area contributed by atoms with Crippen molar-refractivity contribution < 1.29 is 9.26 Å². The van der Waals surface area contributed by atoms with Crippen LogP contribution in [0.3, 0.4) is 0 Å². The van der Waals surface area contributed by atoms with Gasteiger partial charge in [0, 0.05) is 19.1 Å². The van der Waals surface area contributed by atoms with Crippen molar-refractivity contribution in [1.82, 2.24) is 15.5 Å². The van der Waals surface area contributed by atoms with E-state index in [4.69, 9.17) is 9.26 Å². The van der Waals surface area contributed by atoms with Crippen LogP contribution in [0.4, 0.5) is 0 Å². The van der Waals surface area contributed by atoms with Gasteiger partial charge in [0.25, 0.3) is 0 Å². The SMILES string of the molecule is CCCNC(Cc1nc(C2(C)CCCO2)no1)C(C)C. The van der Waals surface area contributed by atoms with Crippen molar-refractivity contribution in [2.24, 2.45) is 5.92 Å². The Labute approximate surface area is 121 Å². The average Bonchev–Trinajstić information content (AvgIpc) is 3.04. The van der Waals surface area contributed by atoms with Crippen molar-refractivity contribution in [3.8, 4) is 0 Å². The highest BCUT2D eigenvalue weighted by Crippen LogP contribution is 2.33. The lowest BCUT2D eigenvalue weighted by Crippen LogP contribution is -2.36. The van der Waals surface area contributed by atoms with Crippen molar-refractivity contribution in [2.75, 3.05) is 13.2 Å². The quantitative estimate of drug-likeness (QED) is 0.832. The van der Waals surface area contributed by atoms with Gasteiger partial charge in [0.05, 0.1) is 0 Å². The molecule has 114 valence electrons. The third-order valence-corrected chi connectivity index (χ3v) is 4.02. The average molecular weight is 281 g/mol. The van der Waals surface area contributed by atoms with E-state index in [-0.39, 0.29) is 5.60 Å². The minimum Gasteiger partial charge on any atom is -0.367 e. The summed E-state index contributed by atoms with van der Waals surface area (Å²) >= 11 is 0. The lowest BCUT2D eigenvalue weighted by Gasteiger charge is -2.20. The van der Waals surface area contributed by atoms with Gasteiger partial charge in [0.15, 0.2) is 0 Å². The van der Waals surface area contributed by atoms with Crippen molar-refractivity contribution in [1.29, 1.82) is 0 Å². The second kappa shape index (κ2) is 6.68. The van der Waals surface area contributed by atoms with E-state index in [1.807, 2.05) is 6.92 Å². The molecule has 1 fully saturated rings. The largest absolute Gasteiger partial charge is 0.367 e. The van der Waals surface area contributed by atoms with Gasteiger partial charge in [-0.1, -0.05) is 25.9 Å². The van der Waals surface area contributed by atoms with Crippen LogP contribution >= 0.6 is 0 Å². The Morgan fingerprint density at radius 2 is 2.20 bits per heavy atom. The first kappa shape index (κ1) is 15.4. The minimum atomic E-state index is -0.355. The van der Waals surface area contributed by atoms with E-state index in [1.165, 1.54) is 0 Å². The number of rotatable bonds is 7. The van der Waals surface area contributed by atoms with Crippen molar-refractivity contribution in [3.05, 3.63) is 11.7 Å². The van der Waals surface area contributed by atoms with E-state index in [2.05, 4.69) is 36.2 Å². The van der Waals surface area contributed by atoms with E-state index in [0.29, 0.717) is 23.7 Å². The number of hydrogen-bond acceptors (Lipinski definition) is 5. The van der Waals surface area contributed by atoms with Gasteiger partial charge in [0.1, 0.15) is 5.60 Å². The molecule has 2 heterocycles. The molecule has 0 radical (unpaired) electrons. The standard InChI is InChI=1S/C15H27N3O2/c1-5-8-16-12(11(2)3)10-13-17-14(18-20-13)15(4)7-6-9-19-15/h11-12,16H,5-10H2,1-4H3. The fraction of sp³-hybridized carbons (Fsp3) is 0.867. The molecule has 20 heavy (non-hydrogen) atoms. The van der Waals surface area contributed by atoms with Gasteiger partial charge in [-0.15, -0.1) is 0 Å². The van der Waals surface area contributed by atoms with Gasteiger partial charge in [-0.3, -0.25) is 0 Å². The molecule has 2 rings (SSSR count). The monoisotopic (exact) mass is 281 g/mol. The topological polar surface area (TPSA) is 60.2 Å². The number of aromatic nitrogens is 2. The maximum atomic E-state index is 5.76. The zero-order valence-corrected chi connectivity index (χ0v) is 13.1. The smallest absolute Gasteiger partial charge is 0.228 e. The molecule has 0 saturated carbocycles. The summed E-state index contributed by atoms with van der Waals surface area (Å²) in [6.45, 7) is 10.5. The second-order valence-corrected chi connectivity index (χ2v) is 6.20. The minimum absolute atomic E-state index is 0.355. The Morgan fingerprint density at radius 3 is 2.80 bits per heavy atom. The van der Waals surface area contributed by atoms with Crippen LogP contribution in [-0.4, -0.2) is 29.3 Å². The number of hydrogen-bond donors (Lipinski definition) is 1. The third kappa shape index (κ3) is 3.58. The molecule has 1 aliphatic rings. The first-order chi connectivity index (χ1) is 9.55. The molecule has 1 aromatic rings. The summed E-state index contributed by atoms with van der Waals surface area (Å²) in [5.74, 6) is 1.94. The van der Waals surface area contributed by atoms with Gasteiger partial charge in [-0.2, -0.15) is 4.98 Å². The van der Waals surface area contributed by atoms with E-state index in [9.17, 15) is 0 Å². The lowest BCUT2D eigenvalue weighted by atomic mass is 10.0. The van der Waals surface area contributed by atoms with Gasteiger partial charge in [0.2, 0.25) is 11.7 Å². The van der Waals surface area contributed by atoms with Crippen LogP contribution in [0.5, 0.6) is 0 Å². The van der Waals surface area contributed by atoms with Gasteiger partial charge in [-0.05, 0) is 38.6 Å². The molecule has 0 aromatic carbocycles. The Hall–Kier alpha value is -0.940. The van der Waals surface area contributed by atoms with Crippen LogP contribution in [-0.2, 0) is 16.8 Å². The predicted octanol–water partition coefficient (Wildman–Crippen LogP) is 2.66. The van der Waals surface area contributed by atoms with Crippen LogP contribution < -0.4 is 5.32 Å². The summed E-state index contributed by atoms with van der Waals surface area (Å²) in [6, 6.07) is 0.376. The first-order valence-corrected chi connectivity index (χ1v) is 7.75. The van der Waals surface area contributed by atoms with Crippen molar-refractivity contribution in [2.45, 2.75) is 65.0 Å². The summed E-state index contributed by atoms with van der Waals surface area (Å²) in [4.78, 5) is 4.55. The van der Waals surface area contributed by atoms with Crippen LogP contribution in [0.15, 0.2) is 4.52 Å². The van der Waals surface area contributed by atoms with Crippen LogP contribution in [0.25, 0.3) is 0 Å². The van der Waals surface area contributed by atoms with E-state index in [1.54, 1.807) is 0 Å². The summed E-state index contributed by atoms with van der Waals surface area (Å²) < 4.78 is 11.2. The zero-order chi connectivity index (χ0) is 14.6. The maximum absolute atomic E-state index is 5.76. The summed E-state index contributed by atoms with van der Waals surface area (Å²) in [5.41, 5.74) is -0.355. The highest BCUT2D eigenvalue weighted by atomic mass is 16.5. The molecule has 1 aromatic heterocycles. The molecule has 1 saturated heterocycles. The van der Waals surface area contributed by atoms with E-state index >= 15 is 0 Å². The van der Waals surface area contributed by atoms with Crippen LogP contribution in [0.2, 0.25) is 0 Å². The van der Waals surface area contributed by atoms with Gasteiger partial charge < -0.3 is 14.6 Å². The summed E-state index contributed by atoms with van der Waals surface area (Å²) in [5, 5.41) is 7.67. The highest BCUT2D eigenvalue weighted by Gasteiger charge is 2.36. The maximum Gasteiger partial charge on any atom is 0.228 e. The molecular weight excluding hydrogens is 254 g/mol. The molecular formula is C15H27N3O2. The second-order valence-electron chi connectivity index (χ2n) is 6.20. The first-order valence-electron chi connectivity index (χ1n) is 7.75. The van der Waals surface area contributed by atoms with Gasteiger partial charge in [-0.25, -0.2) is 0 Å². The molecule has 1 aliphatic heterocycles. The summed E-state index contributed by atoms with van der Waals surface area (Å²) in [6.07, 6.45) is 3.94. The summed E-state index contributed by atoms with van der Waals surface area (Å²) in [7, 11) is 0. The fourth-order valence-corrected chi connectivity index (χ4v) is 2.57. The Morgan fingerprint density at radius 1 is 1.40 bits per heavy atom. The molecule has 5 nitrogen and oxygen atoms in total. The fourth-order valence-electron chi connectivity index (χ4n) is 2.57. The number of nitrogens with one attached hydrogen (secondary N) is 1. The van der Waals surface area contributed by atoms with Gasteiger partial charge >= 0.3 is 0 Å². The zero-order valence-electron chi connectivity index (χ0n) is 13.1. The third-order valence-electron chi connectivity index (χ3n) is 4.02. The Kier molecular flexibility index (Phi) is 5.16. The molecule has 5 heteroatoms. The van der Waals surface area contributed by atoms with Crippen LogP contribution in [0.1, 0.15) is 58.7 Å². The molecule has 0 aliphatic carbocycles. The lowest BCUT2D eigenvalue weighted by molar-refractivity contribution is 0.00768. The van der Waals surface area contributed by atoms with Crippen molar-refractivity contribution in [3.63, 3.8) is 0 Å². The highest BCUT2D eigenvalue weighted by molar-refractivity contribution is 5.02. The van der Waals surface area contributed by atoms with E-state index < -0.39 is 0 Å². The van der Waals surface area contributed by atoms with E-state index in [0.717, 1.165) is 38.8 Å². The molecule has 1 N–H and O–H groups in total. The Balaban J connectivity index is 2.00. The molecule has 0 amide bonds. The predicted molar refractivity (Wildman–Crippen MR) is 77.5 cm³/mol.